The second-order valence-corrected chi connectivity index (χ2v) is 8.65. The molecule has 1 aromatic carbocycles. The molecule has 8 heteroatoms. The molecule has 2 aromatic heterocycles. The van der Waals surface area contributed by atoms with Crippen LogP contribution in [0.25, 0.3) is 12.2 Å². The summed E-state index contributed by atoms with van der Waals surface area (Å²) in [6.07, 6.45) is 7.84. The van der Waals surface area contributed by atoms with Crippen molar-refractivity contribution in [3.8, 4) is 5.88 Å². The predicted molar refractivity (Wildman–Crippen MR) is 117 cm³/mol. The van der Waals surface area contributed by atoms with E-state index in [9.17, 15) is 9.90 Å². The summed E-state index contributed by atoms with van der Waals surface area (Å²) in [5, 5.41) is 21.2. The third kappa shape index (κ3) is 4.44. The summed E-state index contributed by atoms with van der Waals surface area (Å²) in [5.41, 5.74) is 2.43. The Hall–Kier alpha value is -2.97. The van der Waals surface area contributed by atoms with E-state index in [0.717, 1.165) is 34.4 Å². The molecule has 3 aromatic rings. The van der Waals surface area contributed by atoms with E-state index < -0.39 is 5.97 Å². The van der Waals surface area contributed by atoms with Crippen molar-refractivity contribution in [2.24, 2.45) is 4.99 Å². The summed E-state index contributed by atoms with van der Waals surface area (Å²) in [4.78, 5) is 15.5. The normalized spacial score (nSPS) is 14.1. The van der Waals surface area contributed by atoms with Crippen molar-refractivity contribution in [2.75, 3.05) is 0 Å². The molecule has 0 radical (unpaired) electrons. The van der Waals surface area contributed by atoms with Crippen molar-refractivity contribution in [1.29, 1.82) is 0 Å². The Labute approximate surface area is 181 Å². The zero-order chi connectivity index (χ0) is 21.1. The minimum atomic E-state index is -0.786. The summed E-state index contributed by atoms with van der Waals surface area (Å²) in [5.74, 6) is -0.670. The molecule has 30 heavy (non-hydrogen) atoms. The molecule has 1 aliphatic rings. The Morgan fingerprint density at radius 3 is 2.93 bits per heavy atom. The van der Waals surface area contributed by atoms with Crippen LogP contribution in [0.2, 0.25) is 0 Å². The van der Waals surface area contributed by atoms with E-state index in [0.29, 0.717) is 27.2 Å². The van der Waals surface area contributed by atoms with Crippen LogP contribution in [0.4, 0.5) is 0 Å². The smallest absolute Gasteiger partial charge is 0.303 e. The molecular weight excluding hydrogens is 420 g/mol. The fraction of sp³-hybridized carbons (Fsp3) is 0.227. The Kier molecular flexibility index (Phi) is 5.96. The molecule has 0 saturated carbocycles. The highest BCUT2D eigenvalue weighted by atomic mass is 32.1. The predicted octanol–water partition coefficient (Wildman–Crippen LogP) is 3.94. The number of aromatic nitrogens is 1. The van der Waals surface area contributed by atoms with Gasteiger partial charge in [-0.05, 0) is 61.5 Å². The van der Waals surface area contributed by atoms with E-state index >= 15 is 0 Å². The van der Waals surface area contributed by atoms with Crippen molar-refractivity contribution in [1.82, 2.24) is 4.57 Å². The number of carbonyl (C=O) groups is 1. The minimum Gasteiger partial charge on any atom is -0.493 e. The summed E-state index contributed by atoms with van der Waals surface area (Å²) < 4.78 is 8.23. The van der Waals surface area contributed by atoms with Gasteiger partial charge in [0, 0.05) is 36.0 Å². The van der Waals surface area contributed by atoms with E-state index in [2.05, 4.69) is 4.99 Å². The number of rotatable bonds is 7. The second-order valence-electron chi connectivity index (χ2n) is 6.98. The van der Waals surface area contributed by atoms with Gasteiger partial charge >= 0.3 is 5.97 Å². The van der Waals surface area contributed by atoms with Crippen molar-refractivity contribution >= 4 is 41.7 Å². The topological polar surface area (TPSA) is 88.0 Å². The number of aliphatic carboxylic acids is 1. The number of carboxylic acids is 1. The van der Waals surface area contributed by atoms with E-state index in [-0.39, 0.29) is 12.3 Å². The highest BCUT2D eigenvalue weighted by Crippen LogP contribution is 2.27. The summed E-state index contributed by atoms with van der Waals surface area (Å²) in [7, 11) is 0. The van der Waals surface area contributed by atoms with Crippen LogP contribution >= 0.6 is 23.6 Å². The Balaban J connectivity index is 1.57. The average Bonchev–Trinajstić information content (AvgIpc) is 3.43. The lowest BCUT2D eigenvalue weighted by Gasteiger charge is -2.04. The number of hydrogen-bond acceptors (Lipinski definition) is 6. The Morgan fingerprint density at radius 1 is 1.23 bits per heavy atom. The number of hydrogen-bond donors (Lipinski definition) is 2. The molecule has 0 unspecified atom stereocenters. The summed E-state index contributed by atoms with van der Waals surface area (Å²) in [6.45, 7) is 0.561. The summed E-state index contributed by atoms with van der Waals surface area (Å²) >= 11 is 6.71. The first kappa shape index (κ1) is 20.3. The van der Waals surface area contributed by atoms with Gasteiger partial charge in [0.05, 0.1) is 10.2 Å². The van der Waals surface area contributed by atoms with Crippen LogP contribution in [-0.2, 0) is 11.3 Å². The number of benzene rings is 1. The van der Waals surface area contributed by atoms with Gasteiger partial charge in [-0.1, -0.05) is 6.42 Å². The number of thiazole rings is 1. The average molecular weight is 441 g/mol. The van der Waals surface area contributed by atoms with Gasteiger partial charge < -0.3 is 14.6 Å². The molecule has 1 aliphatic heterocycles. The lowest BCUT2D eigenvalue weighted by Crippen LogP contribution is -2.00. The van der Waals surface area contributed by atoms with Crippen molar-refractivity contribution in [3.05, 3.63) is 72.3 Å². The second kappa shape index (κ2) is 8.81. The van der Waals surface area contributed by atoms with Gasteiger partial charge in [0.25, 0.3) is 0 Å². The van der Waals surface area contributed by atoms with Crippen molar-refractivity contribution < 1.29 is 19.4 Å². The third-order valence-corrected chi connectivity index (χ3v) is 6.23. The molecule has 0 spiro atoms. The van der Waals surface area contributed by atoms with Crippen LogP contribution in [0.1, 0.15) is 36.1 Å². The first-order valence-electron chi connectivity index (χ1n) is 9.62. The fourth-order valence-electron chi connectivity index (χ4n) is 3.30. The summed E-state index contributed by atoms with van der Waals surface area (Å²) in [6, 6.07) is 9.73. The zero-order valence-electron chi connectivity index (χ0n) is 16.1. The van der Waals surface area contributed by atoms with Crippen LogP contribution in [0, 0.1) is 14.6 Å². The molecular formula is C22H20N2O4S2. The van der Waals surface area contributed by atoms with Crippen LogP contribution in [0.5, 0.6) is 5.88 Å². The maximum Gasteiger partial charge on any atom is 0.303 e. The molecule has 0 atom stereocenters. The van der Waals surface area contributed by atoms with Gasteiger partial charge in [-0.2, -0.15) is 0 Å². The van der Waals surface area contributed by atoms with Gasteiger partial charge in [-0.15, -0.1) is 11.3 Å². The Bertz CT molecular complexity index is 1400. The SMILES string of the molecule is O=C(O)CCCCCn1c(O)c(C=c2ccc(=c3ccc4c(c3)C=CN=4)o2)sc1=S. The third-order valence-electron chi connectivity index (χ3n) is 4.85. The number of aromatic hydroxyl groups is 1. The number of unbranched alkanes of at least 4 members (excludes halogenated alkanes) is 2. The highest BCUT2D eigenvalue weighted by molar-refractivity contribution is 7.73. The zero-order valence-corrected chi connectivity index (χ0v) is 17.7. The molecule has 0 fully saturated rings. The molecule has 0 bridgehead atoms. The highest BCUT2D eigenvalue weighted by Gasteiger charge is 2.10. The lowest BCUT2D eigenvalue weighted by atomic mass is 10.2. The van der Waals surface area contributed by atoms with Crippen LogP contribution in [0.15, 0.2) is 45.9 Å². The van der Waals surface area contributed by atoms with Gasteiger partial charge in [0.1, 0.15) is 10.8 Å². The van der Waals surface area contributed by atoms with E-state index in [1.165, 1.54) is 11.3 Å². The molecule has 154 valence electrons. The standard InChI is InChI=1S/C22H20N2O4S2/c25-20(26)4-2-1-3-11-24-21(27)19(30-22(24)29)13-16-6-8-18(28-16)15-5-7-17-14(12-15)9-10-23-17/h5-10,12-13,27H,1-4,11H2,(H,25,26). The molecule has 0 amide bonds. The molecule has 4 rings (SSSR count). The number of nitrogens with zero attached hydrogens (tertiary/aromatic N) is 2. The monoisotopic (exact) mass is 440 g/mol. The first-order valence-corrected chi connectivity index (χ1v) is 10.8. The maximum atomic E-state index is 10.6. The lowest BCUT2D eigenvalue weighted by molar-refractivity contribution is -0.137. The largest absolute Gasteiger partial charge is 0.493 e. The van der Waals surface area contributed by atoms with Crippen LogP contribution in [0.3, 0.4) is 0 Å². The quantitative estimate of drug-likeness (QED) is 0.429. The van der Waals surface area contributed by atoms with Crippen LogP contribution in [-0.4, -0.2) is 20.7 Å². The Morgan fingerprint density at radius 2 is 2.10 bits per heavy atom. The molecule has 6 nitrogen and oxygen atoms in total. The van der Waals surface area contributed by atoms with Gasteiger partial charge in [-0.25, -0.2) is 0 Å². The molecule has 2 N–H and O–H groups in total. The molecule has 3 heterocycles. The number of fused-ring (bicyclic) bond motifs is 1. The fourth-order valence-corrected chi connectivity index (χ4v) is 4.60. The number of furan rings is 1. The minimum absolute atomic E-state index is 0.116. The van der Waals surface area contributed by atoms with Crippen molar-refractivity contribution in [3.63, 3.8) is 0 Å². The maximum absolute atomic E-state index is 10.6. The van der Waals surface area contributed by atoms with Gasteiger partial charge in [-0.3, -0.25) is 14.4 Å². The van der Waals surface area contributed by atoms with Gasteiger partial charge in [0.2, 0.25) is 5.88 Å². The van der Waals surface area contributed by atoms with E-state index in [1.807, 2.05) is 36.4 Å². The first-order chi connectivity index (χ1) is 14.5. The van der Waals surface area contributed by atoms with Gasteiger partial charge in [0.15, 0.2) is 3.95 Å². The van der Waals surface area contributed by atoms with Crippen molar-refractivity contribution in [2.45, 2.75) is 32.2 Å². The molecule has 0 aliphatic carbocycles. The van der Waals surface area contributed by atoms with Crippen LogP contribution < -0.4 is 10.8 Å². The van der Waals surface area contributed by atoms with E-state index in [1.54, 1.807) is 16.8 Å². The van der Waals surface area contributed by atoms with E-state index in [4.69, 9.17) is 21.7 Å². The number of carboxylic acid groups (broad SMARTS) is 1. The molecule has 0 saturated heterocycles.